The Balaban J connectivity index is 1.82. The van der Waals surface area contributed by atoms with Crippen LogP contribution in [-0.4, -0.2) is 15.4 Å². The maximum absolute atomic E-state index is 12.1. The number of nitrogens with zero attached hydrogens (tertiary/aromatic N) is 2. The van der Waals surface area contributed by atoms with Crippen molar-refractivity contribution in [2.75, 3.05) is 0 Å². The minimum absolute atomic E-state index is 0.0713. The number of fused-ring (bicyclic) bond motifs is 1. The summed E-state index contributed by atoms with van der Waals surface area (Å²) in [5, 5.41) is 0.444. The molecule has 1 aromatic carbocycles. The Kier molecular flexibility index (Phi) is 4.63. The molecular formula is C16H10ClIN2O3. The van der Waals surface area contributed by atoms with Gasteiger partial charge in [-0.3, -0.25) is 9.20 Å². The van der Waals surface area contributed by atoms with Crippen LogP contribution in [0.15, 0.2) is 53.5 Å². The molecule has 0 saturated carbocycles. The van der Waals surface area contributed by atoms with Crippen molar-refractivity contribution in [2.24, 2.45) is 0 Å². The summed E-state index contributed by atoms with van der Waals surface area (Å²) in [7, 11) is 0. The van der Waals surface area contributed by atoms with Gasteiger partial charge in [0.05, 0.1) is 16.3 Å². The maximum atomic E-state index is 12.1. The van der Waals surface area contributed by atoms with Crippen LogP contribution in [0.1, 0.15) is 16.1 Å². The Morgan fingerprint density at radius 3 is 2.83 bits per heavy atom. The molecule has 5 nitrogen and oxygen atoms in total. The number of pyridine rings is 1. The lowest BCUT2D eigenvalue weighted by atomic mass is 10.2. The molecular weight excluding hydrogens is 431 g/mol. The van der Waals surface area contributed by atoms with Crippen molar-refractivity contribution >= 4 is 45.8 Å². The summed E-state index contributed by atoms with van der Waals surface area (Å²) in [6.45, 7) is -0.0713. The third kappa shape index (κ3) is 3.53. The topological polar surface area (TPSA) is 60.7 Å². The highest BCUT2D eigenvalue weighted by Crippen LogP contribution is 2.14. The molecule has 0 aliphatic carbocycles. The fraction of sp³-hybridized carbons (Fsp3) is 0.0625. The van der Waals surface area contributed by atoms with E-state index in [0.29, 0.717) is 21.9 Å². The Bertz CT molecular complexity index is 955. The normalized spacial score (nSPS) is 10.7. The number of hydrogen-bond acceptors (Lipinski definition) is 4. The molecule has 0 spiro atoms. The van der Waals surface area contributed by atoms with Crippen molar-refractivity contribution in [1.29, 1.82) is 0 Å². The molecule has 0 fully saturated rings. The number of halogens is 2. The highest BCUT2D eigenvalue weighted by Gasteiger charge is 2.12. The van der Waals surface area contributed by atoms with Crippen molar-refractivity contribution in [1.82, 2.24) is 9.38 Å². The second-order valence-corrected chi connectivity index (χ2v) is 6.32. The van der Waals surface area contributed by atoms with E-state index in [0.717, 1.165) is 3.57 Å². The van der Waals surface area contributed by atoms with Gasteiger partial charge in [-0.1, -0.05) is 23.7 Å². The molecule has 2 aromatic heterocycles. The van der Waals surface area contributed by atoms with E-state index in [2.05, 4.69) is 27.6 Å². The first-order chi connectivity index (χ1) is 11.0. The molecule has 0 bridgehead atoms. The van der Waals surface area contributed by atoms with Crippen LogP contribution in [0.4, 0.5) is 0 Å². The van der Waals surface area contributed by atoms with Crippen LogP contribution in [-0.2, 0) is 11.3 Å². The molecule has 0 saturated heterocycles. The molecule has 0 amide bonds. The van der Waals surface area contributed by atoms with Crippen molar-refractivity contribution in [3.63, 3.8) is 0 Å². The summed E-state index contributed by atoms with van der Waals surface area (Å²) in [4.78, 5) is 28.4. The fourth-order valence-corrected chi connectivity index (χ4v) is 2.81. The van der Waals surface area contributed by atoms with Gasteiger partial charge < -0.3 is 4.74 Å². The zero-order chi connectivity index (χ0) is 16.4. The van der Waals surface area contributed by atoms with Crippen molar-refractivity contribution < 1.29 is 9.53 Å². The maximum Gasteiger partial charge on any atom is 0.339 e. The van der Waals surface area contributed by atoms with E-state index >= 15 is 0 Å². The van der Waals surface area contributed by atoms with Crippen LogP contribution in [0.25, 0.3) is 5.65 Å². The fourth-order valence-electron chi connectivity index (χ4n) is 2.04. The van der Waals surface area contributed by atoms with Gasteiger partial charge in [0.15, 0.2) is 0 Å². The van der Waals surface area contributed by atoms with E-state index in [9.17, 15) is 9.59 Å². The lowest BCUT2D eigenvalue weighted by molar-refractivity contribution is 0.0466. The van der Waals surface area contributed by atoms with Gasteiger partial charge in [-0.05, 0) is 46.9 Å². The molecule has 0 atom stereocenters. The summed E-state index contributed by atoms with van der Waals surface area (Å²) in [6, 6.07) is 11.7. The van der Waals surface area contributed by atoms with Gasteiger partial charge in [0.1, 0.15) is 12.3 Å². The molecule has 0 aliphatic rings. The first kappa shape index (κ1) is 15.9. The van der Waals surface area contributed by atoms with Gasteiger partial charge in [0.2, 0.25) is 0 Å². The predicted molar refractivity (Wildman–Crippen MR) is 94.8 cm³/mol. The number of ether oxygens (including phenoxy) is 1. The van der Waals surface area contributed by atoms with Gasteiger partial charge in [-0.25, -0.2) is 9.78 Å². The average Bonchev–Trinajstić information content (AvgIpc) is 2.54. The molecule has 7 heteroatoms. The Labute approximate surface area is 150 Å². The molecule has 23 heavy (non-hydrogen) atoms. The Hall–Kier alpha value is -1.93. The molecule has 0 radical (unpaired) electrons. The molecule has 0 unspecified atom stereocenters. The zero-order valence-corrected chi connectivity index (χ0v) is 14.6. The molecule has 116 valence electrons. The van der Waals surface area contributed by atoms with Gasteiger partial charge in [0.25, 0.3) is 5.56 Å². The van der Waals surface area contributed by atoms with Crippen LogP contribution in [0.3, 0.4) is 0 Å². The molecule has 0 N–H and O–H groups in total. The van der Waals surface area contributed by atoms with E-state index in [1.54, 1.807) is 24.3 Å². The predicted octanol–water partition coefficient (Wildman–Crippen LogP) is 3.31. The summed E-state index contributed by atoms with van der Waals surface area (Å²) in [5.41, 5.74) is 1.04. The van der Waals surface area contributed by atoms with Crippen molar-refractivity contribution in [3.05, 3.63) is 78.9 Å². The highest BCUT2D eigenvalue weighted by atomic mass is 127. The third-order valence-corrected chi connectivity index (χ3v) is 4.29. The number of rotatable bonds is 3. The number of carbonyl (C=O) groups excluding carboxylic acids is 1. The van der Waals surface area contributed by atoms with Crippen LogP contribution >= 0.6 is 34.2 Å². The third-order valence-electron chi connectivity index (χ3n) is 3.12. The summed E-state index contributed by atoms with van der Waals surface area (Å²) < 4.78 is 7.39. The van der Waals surface area contributed by atoms with Gasteiger partial charge >= 0.3 is 5.97 Å². The van der Waals surface area contributed by atoms with E-state index in [4.69, 9.17) is 16.3 Å². The SMILES string of the molecule is O=C(OCc1cc(=O)n2cc(Cl)ccc2n1)c1ccccc1I. The summed E-state index contributed by atoms with van der Waals surface area (Å²) in [6.07, 6.45) is 1.49. The standard InChI is InChI=1S/C16H10ClIN2O3/c17-10-5-6-14-19-11(7-15(21)20(14)8-10)9-23-16(22)12-3-1-2-4-13(12)18/h1-8H,9H2. The first-order valence-corrected chi connectivity index (χ1v) is 8.10. The Morgan fingerprint density at radius 2 is 2.04 bits per heavy atom. The quantitative estimate of drug-likeness (QED) is 0.463. The van der Waals surface area contributed by atoms with Gasteiger partial charge in [-0.2, -0.15) is 0 Å². The molecule has 3 rings (SSSR count). The molecule has 0 aliphatic heterocycles. The van der Waals surface area contributed by atoms with Crippen molar-refractivity contribution in [2.45, 2.75) is 6.61 Å². The van der Waals surface area contributed by atoms with Crippen LogP contribution < -0.4 is 5.56 Å². The lowest BCUT2D eigenvalue weighted by Crippen LogP contribution is -2.16. The lowest BCUT2D eigenvalue weighted by Gasteiger charge is -2.07. The number of hydrogen-bond donors (Lipinski definition) is 0. The summed E-state index contributed by atoms with van der Waals surface area (Å²) >= 11 is 7.93. The number of aromatic nitrogens is 2. The van der Waals surface area contributed by atoms with Crippen molar-refractivity contribution in [3.8, 4) is 0 Å². The van der Waals surface area contributed by atoms with E-state index in [1.165, 1.54) is 16.7 Å². The monoisotopic (exact) mass is 440 g/mol. The van der Waals surface area contributed by atoms with Crippen LogP contribution in [0.5, 0.6) is 0 Å². The molecule has 3 aromatic rings. The average molecular weight is 441 g/mol. The van der Waals surface area contributed by atoms with Crippen LogP contribution in [0.2, 0.25) is 5.02 Å². The van der Waals surface area contributed by atoms with Crippen LogP contribution in [0, 0.1) is 3.57 Å². The number of carbonyl (C=O) groups is 1. The van der Waals surface area contributed by atoms with Gasteiger partial charge in [0, 0.05) is 15.8 Å². The number of benzene rings is 1. The molecule has 2 heterocycles. The second-order valence-electron chi connectivity index (χ2n) is 4.72. The van der Waals surface area contributed by atoms with E-state index in [1.807, 2.05) is 12.1 Å². The van der Waals surface area contributed by atoms with Gasteiger partial charge in [-0.15, -0.1) is 0 Å². The zero-order valence-electron chi connectivity index (χ0n) is 11.7. The minimum Gasteiger partial charge on any atom is -0.456 e. The van der Waals surface area contributed by atoms with E-state index in [-0.39, 0.29) is 12.2 Å². The first-order valence-electron chi connectivity index (χ1n) is 6.64. The Morgan fingerprint density at radius 1 is 1.26 bits per heavy atom. The highest BCUT2D eigenvalue weighted by molar-refractivity contribution is 14.1. The minimum atomic E-state index is -0.451. The number of esters is 1. The smallest absolute Gasteiger partial charge is 0.339 e. The largest absolute Gasteiger partial charge is 0.456 e. The second kappa shape index (κ2) is 6.67. The van der Waals surface area contributed by atoms with E-state index < -0.39 is 5.97 Å². The summed E-state index contributed by atoms with van der Waals surface area (Å²) in [5.74, 6) is -0.451.